The Morgan fingerprint density at radius 3 is 1.86 bits per heavy atom. The SMILES string of the molecule is O=C(/C=C/[C@H]1[C@@H](C(=O)c2ccc(F)cc2)[C@@H]1c1ccccc1)c1ccc(F)cc1. The van der Waals surface area contributed by atoms with Crippen LogP contribution in [-0.4, -0.2) is 11.6 Å². The van der Waals surface area contributed by atoms with Gasteiger partial charge in [0.25, 0.3) is 0 Å². The molecule has 0 radical (unpaired) electrons. The molecule has 4 rings (SSSR count). The van der Waals surface area contributed by atoms with E-state index in [-0.39, 0.29) is 29.3 Å². The van der Waals surface area contributed by atoms with E-state index in [1.165, 1.54) is 54.6 Å². The smallest absolute Gasteiger partial charge is 0.185 e. The monoisotopic (exact) mass is 388 g/mol. The minimum Gasteiger partial charge on any atom is -0.294 e. The van der Waals surface area contributed by atoms with E-state index in [2.05, 4.69) is 0 Å². The fourth-order valence-electron chi connectivity index (χ4n) is 3.73. The van der Waals surface area contributed by atoms with Gasteiger partial charge in [-0.3, -0.25) is 9.59 Å². The third kappa shape index (κ3) is 4.06. The van der Waals surface area contributed by atoms with Gasteiger partial charge in [0.05, 0.1) is 0 Å². The molecular weight excluding hydrogens is 370 g/mol. The van der Waals surface area contributed by atoms with Crippen molar-refractivity contribution in [1.29, 1.82) is 0 Å². The molecule has 4 heteroatoms. The first-order valence-electron chi connectivity index (χ1n) is 9.37. The second kappa shape index (κ2) is 7.92. The summed E-state index contributed by atoms with van der Waals surface area (Å²) in [5, 5.41) is 0. The van der Waals surface area contributed by atoms with E-state index in [1.807, 2.05) is 30.3 Å². The maximum absolute atomic E-state index is 13.2. The van der Waals surface area contributed by atoms with Crippen LogP contribution in [0.1, 0.15) is 32.2 Å². The minimum absolute atomic E-state index is 0.0361. The van der Waals surface area contributed by atoms with Crippen LogP contribution in [0.4, 0.5) is 8.78 Å². The van der Waals surface area contributed by atoms with Gasteiger partial charge in [0.15, 0.2) is 11.6 Å². The van der Waals surface area contributed by atoms with Gasteiger partial charge in [0.1, 0.15) is 11.6 Å². The highest BCUT2D eigenvalue weighted by molar-refractivity contribution is 6.05. The molecule has 0 spiro atoms. The molecule has 3 aromatic rings. The molecule has 0 aliphatic heterocycles. The Bertz CT molecular complexity index is 1050. The molecule has 1 aliphatic rings. The third-order valence-corrected chi connectivity index (χ3v) is 5.29. The summed E-state index contributed by atoms with van der Waals surface area (Å²) >= 11 is 0. The van der Waals surface area contributed by atoms with E-state index in [9.17, 15) is 18.4 Å². The predicted molar refractivity (Wildman–Crippen MR) is 107 cm³/mol. The van der Waals surface area contributed by atoms with Crippen LogP contribution in [0.5, 0.6) is 0 Å². The van der Waals surface area contributed by atoms with Gasteiger partial charge in [0.2, 0.25) is 0 Å². The van der Waals surface area contributed by atoms with Gasteiger partial charge >= 0.3 is 0 Å². The Morgan fingerprint density at radius 2 is 1.28 bits per heavy atom. The van der Waals surface area contributed by atoms with Crippen molar-refractivity contribution in [2.24, 2.45) is 11.8 Å². The van der Waals surface area contributed by atoms with E-state index in [0.29, 0.717) is 11.1 Å². The van der Waals surface area contributed by atoms with Crippen molar-refractivity contribution in [1.82, 2.24) is 0 Å². The van der Waals surface area contributed by atoms with Crippen LogP contribution in [-0.2, 0) is 0 Å². The van der Waals surface area contributed by atoms with Gasteiger partial charge in [-0.15, -0.1) is 0 Å². The van der Waals surface area contributed by atoms with Crippen LogP contribution in [0.3, 0.4) is 0 Å². The van der Waals surface area contributed by atoms with E-state index >= 15 is 0 Å². The first-order valence-corrected chi connectivity index (χ1v) is 9.37. The quantitative estimate of drug-likeness (QED) is 0.406. The molecule has 1 aliphatic carbocycles. The van der Waals surface area contributed by atoms with E-state index in [0.717, 1.165) is 5.56 Å². The molecule has 0 bridgehead atoms. The Balaban J connectivity index is 1.57. The second-order valence-corrected chi connectivity index (χ2v) is 7.14. The number of benzene rings is 3. The van der Waals surface area contributed by atoms with Gasteiger partial charge < -0.3 is 0 Å². The lowest BCUT2D eigenvalue weighted by molar-refractivity contribution is 0.0960. The fourth-order valence-corrected chi connectivity index (χ4v) is 3.73. The van der Waals surface area contributed by atoms with Crippen LogP contribution in [0.15, 0.2) is 91.0 Å². The highest BCUT2D eigenvalue weighted by atomic mass is 19.1. The molecule has 0 aromatic heterocycles. The van der Waals surface area contributed by atoms with E-state index < -0.39 is 11.6 Å². The first-order chi connectivity index (χ1) is 14.0. The zero-order valence-corrected chi connectivity index (χ0v) is 15.5. The predicted octanol–water partition coefficient (Wildman–Crippen LogP) is 5.62. The summed E-state index contributed by atoms with van der Waals surface area (Å²) in [5.74, 6) is -1.56. The van der Waals surface area contributed by atoms with Gasteiger partial charge in [0, 0.05) is 23.0 Å². The van der Waals surface area contributed by atoms with Crippen molar-refractivity contribution in [3.05, 3.63) is 119 Å². The molecule has 3 atom stereocenters. The number of rotatable bonds is 6. The fraction of sp³-hybridized carbons (Fsp3) is 0.120. The average molecular weight is 388 g/mol. The van der Waals surface area contributed by atoms with Gasteiger partial charge in [-0.05, 0) is 66.1 Å². The molecule has 2 nitrogen and oxygen atoms in total. The highest BCUT2D eigenvalue weighted by Crippen LogP contribution is 2.56. The lowest BCUT2D eigenvalue weighted by atomic mass is 10.0. The number of ketones is 2. The molecule has 0 amide bonds. The molecule has 1 saturated carbocycles. The lowest BCUT2D eigenvalue weighted by Crippen LogP contribution is -2.04. The summed E-state index contributed by atoms with van der Waals surface area (Å²) in [4.78, 5) is 25.4. The van der Waals surface area contributed by atoms with E-state index in [1.54, 1.807) is 6.08 Å². The molecule has 1 fully saturated rings. The highest BCUT2D eigenvalue weighted by Gasteiger charge is 2.53. The lowest BCUT2D eigenvalue weighted by Gasteiger charge is -2.01. The van der Waals surface area contributed by atoms with Crippen molar-refractivity contribution < 1.29 is 18.4 Å². The van der Waals surface area contributed by atoms with Crippen LogP contribution < -0.4 is 0 Å². The number of allylic oxidation sites excluding steroid dienone is 2. The summed E-state index contributed by atoms with van der Waals surface area (Å²) < 4.78 is 26.2. The summed E-state index contributed by atoms with van der Waals surface area (Å²) in [6, 6.07) is 20.5. The minimum atomic E-state index is -0.401. The summed E-state index contributed by atoms with van der Waals surface area (Å²) in [7, 11) is 0. The number of hydrogen-bond acceptors (Lipinski definition) is 2. The average Bonchev–Trinajstić information content (AvgIpc) is 3.47. The Hall–Kier alpha value is -3.40. The van der Waals surface area contributed by atoms with Crippen LogP contribution >= 0.6 is 0 Å². The van der Waals surface area contributed by atoms with Gasteiger partial charge in [-0.1, -0.05) is 36.4 Å². The van der Waals surface area contributed by atoms with Crippen molar-refractivity contribution >= 4 is 11.6 Å². The number of hydrogen-bond donors (Lipinski definition) is 0. The van der Waals surface area contributed by atoms with E-state index in [4.69, 9.17) is 0 Å². The first kappa shape index (κ1) is 18.9. The van der Waals surface area contributed by atoms with Crippen molar-refractivity contribution in [3.63, 3.8) is 0 Å². The molecule has 3 aromatic carbocycles. The van der Waals surface area contributed by atoms with Crippen molar-refractivity contribution in [2.45, 2.75) is 5.92 Å². The molecule has 144 valence electrons. The maximum atomic E-state index is 13.2. The zero-order chi connectivity index (χ0) is 20.4. The number of carbonyl (C=O) groups is 2. The second-order valence-electron chi connectivity index (χ2n) is 7.14. The maximum Gasteiger partial charge on any atom is 0.185 e. The van der Waals surface area contributed by atoms with Crippen molar-refractivity contribution in [3.8, 4) is 0 Å². The Labute approximate surface area is 167 Å². The zero-order valence-electron chi connectivity index (χ0n) is 15.5. The normalized spacial score (nSPS) is 20.6. The van der Waals surface area contributed by atoms with Crippen molar-refractivity contribution in [2.75, 3.05) is 0 Å². The third-order valence-electron chi connectivity index (χ3n) is 5.29. The topological polar surface area (TPSA) is 34.1 Å². The molecular formula is C25H18F2O2. The number of carbonyl (C=O) groups excluding carboxylic acids is 2. The molecule has 0 saturated heterocycles. The Morgan fingerprint density at radius 1 is 0.724 bits per heavy atom. The summed E-state index contributed by atoms with van der Waals surface area (Å²) in [6.07, 6.45) is 3.21. The Kier molecular flexibility index (Phi) is 5.17. The van der Waals surface area contributed by atoms with Crippen LogP contribution in [0.25, 0.3) is 0 Å². The standard InChI is InChI=1S/C25H18F2O2/c26-19-10-6-16(7-11-19)22(28)15-14-21-23(17-4-2-1-3-5-17)24(21)25(29)18-8-12-20(27)13-9-18/h1-15,21,23-24H/b15-14+/t21-,23-,24-/m1/s1. The largest absolute Gasteiger partial charge is 0.294 e. The molecule has 0 heterocycles. The molecule has 0 unspecified atom stereocenters. The van der Waals surface area contributed by atoms with Crippen LogP contribution in [0.2, 0.25) is 0 Å². The molecule has 29 heavy (non-hydrogen) atoms. The summed E-state index contributed by atoms with van der Waals surface area (Å²) in [6.45, 7) is 0. The van der Waals surface area contributed by atoms with Gasteiger partial charge in [-0.2, -0.15) is 0 Å². The van der Waals surface area contributed by atoms with Crippen LogP contribution in [0, 0.1) is 23.5 Å². The summed E-state index contributed by atoms with van der Waals surface area (Å²) in [5.41, 5.74) is 1.87. The van der Waals surface area contributed by atoms with Gasteiger partial charge in [-0.25, -0.2) is 8.78 Å². The number of Topliss-reactive ketones (excluding diaryl/α,β-unsaturated/α-hetero) is 1. The molecule has 0 N–H and O–H groups in total. The number of halogens is 2.